The van der Waals surface area contributed by atoms with Crippen LogP contribution in [-0.4, -0.2) is 82.5 Å². The van der Waals surface area contributed by atoms with Gasteiger partial charge < -0.3 is 35.2 Å². The van der Waals surface area contributed by atoms with Crippen molar-refractivity contribution in [1.29, 1.82) is 0 Å². The molecule has 0 spiro atoms. The molecule has 9 heteroatoms. The summed E-state index contributed by atoms with van der Waals surface area (Å²) in [7, 11) is 0. The minimum absolute atomic E-state index is 0. The molecular weight excluding hydrogens is 734 g/mol. The number of amides is 1. The number of rotatable bonds is 19. The number of aliphatic hydroxyl groups is 4. The lowest BCUT2D eigenvalue weighted by molar-refractivity contribution is -0.302. The number of hydrogen-bond donors (Lipinski definition) is 5. The number of hydrogen-bond acceptors (Lipinski definition) is 7. The topological polar surface area (TPSA) is 128 Å². The molecule has 346 valence electrons. The van der Waals surface area contributed by atoms with Gasteiger partial charge in [0.15, 0.2) is 6.29 Å². The Labute approximate surface area is 380 Å². The summed E-state index contributed by atoms with van der Waals surface area (Å²) < 4.78 is 26.4. The third-order valence-corrected chi connectivity index (χ3v) is 7.99. The molecule has 0 aliphatic carbocycles. The predicted octanol–water partition coefficient (Wildman–Crippen LogP) is 8.68. The van der Waals surface area contributed by atoms with Crippen LogP contribution < -0.4 is 5.32 Å². The first kappa shape index (κ1) is 49.9. The molecule has 0 aromatic carbocycles. The summed E-state index contributed by atoms with van der Waals surface area (Å²) in [5, 5.41) is 42.4. The summed E-state index contributed by atoms with van der Waals surface area (Å²) in [6, 6.07) is -1.18. The minimum Gasteiger partial charge on any atom is -0.394 e. The zero-order valence-corrected chi connectivity index (χ0v) is 33.0. The van der Waals surface area contributed by atoms with Crippen molar-refractivity contribution in [1.82, 2.24) is 5.32 Å². The number of aliphatic hydroxyl groups excluding tert-OH is 4. The van der Waals surface area contributed by atoms with Gasteiger partial charge in [-0.2, -0.15) is 0 Å². The monoisotopic (exact) mass is 830 g/mol. The lowest BCUT2D eigenvalue weighted by Crippen LogP contribution is -2.59. The Balaban J connectivity index is -0.0000000637. The molecule has 0 bridgehead atoms. The Morgan fingerprint density at radius 1 is 0.621 bits per heavy atom. The van der Waals surface area contributed by atoms with Crippen molar-refractivity contribution in [3.05, 3.63) is 0 Å². The molecule has 58 heavy (non-hydrogen) atoms. The van der Waals surface area contributed by atoms with E-state index in [9.17, 15) is 25.2 Å². The van der Waals surface area contributed by atoms with E-state index in [1.165, 1.54) is 44.9 Å². The Bertz CT molecular complexity index is 2160. The molecule has 1 heterocycles. The van der Waals surface area contributed by atoms with E-state index >= 15 is 4.39 Å². The van der Waals surface area contributed by atoms with Gasteiger partial charge in [0, 0.05) is 75.7 Å². The van der Waals surface area contributed by atoms with Crippen molar-refractivity contribution < 1.29 is 73.3 Å². The van der Waals surface area contributed by atoms with Gasteiger partial charge >= 0.3 is 0 Å². The van der Waals surface area contributed by atoms with Gasteiger partial charge in [0.2, 0.25) is 0 Å². The molecule has 1 saturated heterocycles. The van der Waals surface area contributed by atoms with Gasteiger partial charge in [-0.1, -0.05) is 89.9 Å². The van der Waals surface area contributed by atoms with Crippen LogP contribution in [0.4, 0.5) is 4.39 Å². The van der Waals surface area contributed by atoms with Crippen LogP contribution in [0.25, 0.3) is 0 Å². The van der Waals surface area contributed by atoms with E-state index in [0.717, 1.165) is 25.7 Å². The predicted molar refractivity (Wildman–Crippen MR) is 272 cm³/mol. The Morgan fingerprint density at radius 2 is 1.02 bits per heavy atom. The molecule has 7 atom stereocenters. The highest BCUT2D eigenvalue weighted by Crippen LogP contribution is 2.23. The number of ether oxygens (including phenoxy) is 2. The molecule has 0 aromatic heterocycles. The van der Waals surface area contributed by atoms with E-state index in [-0.39, 0.29) is 40.7 Å². The lowest BCUT2D eigenvalue weighted by atomic mass is 9.99. The normalized spacial score (nSPS) is 17.4. The third kappa shape index (κ3) is 25.9. The highest BCUT2D eigenvalue weighted by molar-refractivity contribution is 5.94. The second kappa shape index (κ2) is 35.3. The van der Waals surface area contributed by atoms with E-state index in [1.807, 2.05) is 0 Å². The van der Waals surface area contributed by atoms with Crippen molar-refractivity contribution in [3.8, 4) is 142 Å². The molecule has 1 fully saturated rings. The number of carbonyl (C=O) groups excluding carboxylic acids is 1. The van der Waals surface area contributed by atoms with Crippen molar-refractivity contribution in [2.75, 3.05) is 13.2 Å². The molecule has 0 aromatic rings. The molecule has 2 unspecified atom stereocenters. The minimum atomic E-state index is -1.67. The van der Waals surface area contributed by atoms with Crippen molar-refractivity contribution in [2.24, 2.45) is 0 Å². The highest BCUT2D eigenvalue weighted by Gasteiger charge is 2.44. The van der Waals surface area contributed by atoms with Crippen molar-refractivity contribution in [2.45, 2.75) is 140 Å². The lowest BCUT2D eigenvalue weighted by Gasteiger charge is -2.40. The third-order valence-electron chi connectivity index (χ3n) is 7.99. The number of unbranched alkanes of at least 4 members (excludes halogenated alkanes) is 11. The van der Waals surface area contributed by atoms with E-state index in [0.29, 0.717) is 6.42 Å². The number of nitrogens with one attached hydrogen (secondary N) is 1. The Hall–Kier alpha value is -6.12. The summed E-state index contributed by atoms with van der Waals surface area (Å²) in [6.45, 7) is 2.80. The number of halogens is 1. The van der Waals surface area contributed by atoms with Crippen LogP contribution in [0.15, 0.2) is 0 Å². The second-order valence-electron chi connectivity index (χ2n) is 12.4. The molecule has 1 aliphatic heterocycles. The molecule has 1 aliphatic rings. The van der Waals surface area contributed by atoms with E-state index in [2.05, 4.69) is 154 Å². The summed E-state index contributed by atoms with van der Waals surface area (Å²) in [4.78, 5) is 12.6. The smallest absolute Gasteiger partial charge is 0.297 e. The van der Waals surface area contributed by atoms with Crippen LogP contribution in [0.1, 0.15) is 132 Å². The Kier molecular flexibility index (Phi) is 30.4. The molecule has 0 radical (unpaired) electrons. The van der Waals surface area contributed by atoms with Gasteiger partial charge in [-0.05, 0) is 108 Å². The van der Waals surface area contributed by atoms with Crippen LogP contribution in [0.3, 0.4) is 0 Å². The van der Waals surface area contributed by atoms with Crippen LogP contribution in [0.2, 0.25) is 0 Å². The Morgan fingerprint density at radius 3 is 1.43 bits per heavy atom. The first-order valence-electron chi connectivity index (χ1n) is 19.1. The largest absolute Gasteiger partial charge is 0.394 e. The summed E-state index contributed by atoms with van der Waals surface area (Å²) in [6.07, 6.45) is 4.52. The van der Waals surface area contributed by atoms with Gasteiger partial charge in [0.05, 0.1) is 19.3 Å². The number of carbonyl (C=O) groups is 1. The highest BCUT2D eigenvalue weighted by atomic mass is 19.1. The molecule has 5 N–H and O–H groups in total. The fraction of sp³-hybridized carbons (Fsp3) is 0.490. The van der Waals surface area contributed by atoms with Gasteiger partial charge in [-0.15, -0.1) is 0 Å². The van der Waals surface area contributed by atoms with Gasteiger partial charge in [0.1, 0.15) is 30.6 Å². The summed E-state index contributed by atoms with van der Waals surface area (Å²) in [5.74, 6) is 58.5. The zero-order valence-electron chi connectivity index (χ0n) is 33.0. The standard InChI is InChI=1S/C49H48FNO7.24H2/c1-3-5-7-9-11-13-15-17-18-19-20-21-22-23-24-25-26-27-29-31-33-35-37-39-45(53)51-43(41-57-49-48(56)47(55)46(54)44(40-52)58-49)42(50)38-36-34-32-30-28-16-14-12-10-8-6-4-2;;;;;;;;;;;;;;;;;;;;;;;;/h42-44,46-49,52,54-56H,4,6,8,10,12,14,16,28,30,32,34,36,38,40-41H2,1-2H3,(H,51,53);24*1H/t42-,43+,44?,46+,47+,48?,49+;;;;;;;;;;;;;;;;;;;;;;;;/m1......................../s1. The molecular formula is C49H96FNO7. The van der Waals surface area contributed by atoms with Gasteiger partial charge in [-0.3, -0.25) is 4.79 Å². The molecule has 1 rings (SSSR count). The van der Waals surface area contributed by atoms with Crippen LogP contribution in [0.5, 0.6) is 0 Å². The summed E-state index contributed by atoms with van der Waals surface area (Å²) in [5.41, 5.74) is 0. The van der Waals surface area contributed by atoms with E-state index in [1.54, 1.807) is 6.92 Å². The number of alkyl halides is 1. The summed E-state index contributed by atoms with van der Waals surface area (Å²) >= 11 is 0. The van der Waals surface area contributed by atoms with Crippen LogP contribution >= 0.6 is 0 Å². The van der Waals surface area contributed by atoms with E-state index < -0.39 is 62.0 Å². The maximum atomic E-state index is 15.5. The average Bonchev–Trinajstić information content (AvgIpc) is 3.22. The maximum absolute atomic E-state index is 15.5. The van der Waals surface area contributed by atoms with Crippen LogP contribution in [-0.2, 0) is 14.3 Å². The second-order valence-corrected chi connectivity index (χ2v) is 12.4. The quantitative estimate of drug-likeness (QED) is 0.0652. The molecule has 0 saturated carbocycles. The van der Waals surface area contributed by atoms with Gasteiger partial charge in [0.25, 0.3) is 5.91 Å². The average molecular weight is 830 g/mol. The first-order valence-corrected chi connectivity index (χ1v) is 19.1. The maximum Gasteiger partial charge on any atom is 0.297 e. The molecule has 8 nitrogen and oxygen atoms in total. The fourth-order valence-corrected chi connectivity index (χ4v) is 5.00. The van der Waals surface area contributed by atoms with Crippen molar-refractivity contribution in [3.63, 3.8) is 0 Å². The SMILES string of the molecule is CC#CC#CC#CC#CC#CC#CC#CC#CC#CC#CC#CC#CC(=O)N[C@@H](CO[C@H]1OC(CO)[C@H](O)[C@H](O)C1O)[C@H](F)CCCCCCCCCCCCCC.[HH].[HH].[HH].[HH].[HH].[HH].[HH].[HH].[HH].[HH].[HH].[HH].[HH].[HH].[HH].[HH].[HH].[HH].[HH].[HH].[HH].[HH].[HH].[HH]. The van der Waals surface area contributed by atoms with Crippen molar-refractivity contribution >= 4 is 5.91 Å². The van der Waals surface area contributed by atoms with Crippen LogP contribution in [0, 0.1) is 142 Å². The first-order chi connectivity index (χ1) is 28.3. The fourth-order valence-electron chi connectivity index (χ4n) is 5.00. The zero-order chi connectivity index (χ0) is 42.3. The van der Waals surface area contributed by atoms with E-state index in [4.69, 9.17) is 9.47 Å². The molecule has 1 amide bonds. The van der Waals surface area contributed by atoms with Gasteiger partial charge in [-0.25, -0.2) is 4.39 Å².